The second-order valence-electron chi connectivity index (χ2n) is 1.60. The molecule has 0 aromatic heterocycles. The third-order valence-corrected chi connectivity index (χ3v) is 0.542. The molecule has 0 amide bonds. The van der Waals surface area contributed by atoms with Crippen molar-refractivity contribution in [1.29, 1.82) is 0 Å². The minimum atomic E-state index is -0.608. The molecule has 0 aromatic rings. The van der Waals surface area contributed by atoms with Crippen LogP contribution in [0.1, 0.15) is 6.92 Å². The number of rotatable bonds is 3. The van der Waals surface area contributed by atoms with Gasteiger partial charge in [-0.1, -0.05) is 0 Å². The predicted molar refractivity (Wildman–Crippen MR) is 28.6 cm³/mol. The van der Waals surface area contributed by atoms with E-state index in [0.29, 0.717) is 0 Å². The van der Waals surface area contributed by atoms with Crippen LogP contribution < -0.4 is 11.2 Å². The van der Waals surface area contributed by atoms with Crippen molar-refractivity contribution in [2.45, 2.75) is 13.0 Å². The molecular formula is C3H9N3O2. The van der Waals surface area contributed by atoms with Gasteiger partial charge in [-0.15, -0.1) is 5.43 Å². The van der Waals surface area contributed by atoms with Gasteiger partial charge >= 0.3 is 0 Å². The maximum atomic E-state index is 9.54. The van der Waals surface area contributed by atoms with Gasteiger partial charge in [0.2, 0.25) is 0 Å². The molecule has 0 radical (unpaired) electrons. The Morgan fingerprint density at radius 1 is 2.00 bits per heavy atom. The van der Waals surface area contributed by atoms with Crippen molar-refractivity contribution in [1.82, 2.24) is 5.43 Å². The van der Waals surface area contributed by atoms with Crippen molar-refractivity contribution in [3.63, 3.8) is 0 Å². The van der Waals surface area contributed by atoms with Crippen molar-refractivity contribution in [3.8, 4) is 0 Å². The standard InChI is InChI=1S/C3H9N3O2/c1-3(4)2-5-6(7)8/h3,5H,2,4H2,1H3. The number of nitrogens with one attached hydrogen (secondary N) is 1. The number of hydrazine groups is 1. The molecule has 0 fully saturated rings. The Labute approximate surface area is 47.0 Å². The summed E-state index contributed by atoms with van der Waals surface area (Å²) in [5.41, 5.74) is 7.12. The molecule has 0 saturated carbocycles. The molecule has 0 aliphatic rings. The summed E-state index contributed by atoms with van der Waals surface area (Å²) in [4.78, 5) is 9.54. The Kier molecular flexibility index (Phi) is 2.86. The molecule has 0 spiro atoms. The molecule has 8 heavy (non-hydrogen) atoms. The fourth-order valence-corrected chi connectivity index (χ4v) is 0.219. The topological polar surface area (TPSA) is 81.2 Å². The van der Waals surface area contributed by atoms with E-state index >= 15 is 0 Å². The lowest BCUT2D eigenvalue weighted by atomic mass is 10.4. The van der Waals surface area contributed by atoms with E-state index in [1.165, 1.54) is 0 Å². The summed E-state index contributed by atoms with van der Waals surface area (Å²) < 4.78 is 0. The maximum Gasteiger partial charge on any atom is 0.157 e. The summed E-state index contributed by atoms with van der Waals surface area (Å²) >= 11 is 0. The Hall–Kier alpha value is -0.840. The van der Waals surface area contributed by atoms with Gasteiger partial charge in [0.1, 0.15) is 0 Å². The van der Waals surface area contributed by atoms with Crippen LogP contribution in [-0.4, -0.2) is 17.6 Å². The van der Waals surface area contributed by atoms with E-state index in [4.69, 9.17) is 5.73 Å². The van der Waals surface area contributed by atoms with Gasteiger partial charge in [0.05, 0.1) is 6.54 Å². The quantitative estimate of drug-likeness (QED) is 0.373. The molecule has 0 saturated heterocycles. The second kappa shape index (κ2) is 3.20. The summed E-state index contributed by atoms with van der Waals surface area (Å²) in [5, 5.41) is 8.93. The summed E-state index contributed by atoms with van der Waals surface area (Å²) in [6.07, 6.45) is 0. The molecule has 5 nitrogen and oxygen atoms in total. The molecule has 0 aliphatic heterocycles. The van der Waals surface area contributed by atoms with Crippen LogP contribution in [0.4, 0.5) is 0 Å². The number of nitrogens with two attached hydrogens (primary N) is 1. The van der Waals surface area contributed by atoms with Crippen molar-refractivity contribution < 1.29 is 5.03 Å². The zero-order valence-electron chi connectivity index (χ0n) is 4.63. The van der Waals surface area contributed by atoms with E-state index in [9.17, 15) is 10.1 Å². The highest BCUT2D eigenvalue weighted by Crippen LogP contribution is 1.67. The fourth-order valence-electron chi connectivity index (χ4n) is 0.219. The molecule has 5 heteroatoms. The molecule has 1 atom stereocenters. The van der Waals surface area contributed by atoms with Crippen LogP contribution >= 0.6 is 0 Å². The maximum absolute atomic E-state index is 9.54. The minimum Gasteiger partial charge on any atom is -0.326 e. The van der Waals surface area contributed by atoms with Gasteiger partial charge in [-0.2, -0.15) is 0 Å². The molecule has 3 N–H and O–H groups in total. The monoisotopic (exact) mass is 119 g/mol. The van der Waals surface area contributed by atoms with Crippen LogP contribution in [0.15, 0.2) is 0 Å². The van der Waals surface area contributed by atoms with E-state index in [1.54, 1.807) is 6.92 Å². The normalized spacial score (nSPS) is 12.8. The third kappa shape index (κ3) is 5.16. The summed E-state index contributed by atoms with van der Waals surface area (Å²) in [6, 6.07) is -0.166. The Morgan fingerprint density at radius 2 is 2.50 bits per heavy atom. The van der Waals surface area contributed by atoms with Gasteiger partial charge in [-0.25, -0.2) is 10.1 Å². The van der Waals surface area contributed by atoms with Crippen molar-refractivity contribution in [2.24, 2.45) is 5.73 Å². The summed E-state index contributed by atoms with van der Waals surface area (Å²) in [5.74, 6) is 0. The lowest BCUT2D eigenvalue weighted by Crippen LogP contribution is -2.34. The van der Waals surface area contributed by atoms with Crippen LogP contribution in [0, 0.1) is 10.1 Å². The first-order valence-corrected chi connectivity index (χ1v) is 2.26. The lowest BCUT2D eigenvalue weighted by molar-refractivity contribution is -0.544. The highest BCUT2D eigenvalue weighted by molar-refractivity contribution is 4.50. The van der Waals surface area contributed by atoms with Crippen molar-refractivity contribution >= 4 is 0 Å². The van der Waals surface area contributed by atoms with Gasteiger partial charge in [0.15, 0.2) is 5.03 Å². The van der Waals surface area contributed by atoms with Gasteiger partial charge in [-0.05, 0) is 6.92 Å². The fraction of sp³-hybridized carbons (Fsp3) is 1.00. The molecule has 1 unspecified atom stereocenters. The first-order chi connectivity index (χ1) is 3.63. The molecule has 0 bridgehead atoms. The average Bonchev–Trinajstić information content (AvgIpc) is 1.61. The van der Waals surface area contributed by atoms with Crippen LogP contribution in [0.2, 0.25) is 0 Å². The summed E-state index contributed by atoms with van der Waals surface area (Å²) in [7, 11) is 0. The van der Waals surface area contributed by atoms with Crippen LogP contribution in [-0.2, 0) is 0 Å². The Bertz CT molecular complexity index is 82.6. The van der Waals surface area contributed by atoms with E-state index < -0.39 is 5.03 Å². The third-order valence-electron chi connectivity index (χ3n) is 0.542. The van der Waals surface area contributed by atoms with Crippen molar-refractivity contribution in [3.05, 3.63) is 10.1 Å². The first kappa shape index (κ1) is 7.16. The van der Waals surface area contributed by atoms with E-state index in [0.717, 1.165) is 0 Å². The van der Waals surface area contributed by atoms with Gasteiger partial charge in [-0.3, -0.25) is 0 Å². The van der Waals surface area contributed by atoms with Crippen LogP contribution in [0.5, 0.6) is 0 Å². The van der Waals surface area contributed by atoms with Crippen LogP contribution in [0.3, 0.4) is 0 Å². The lowest BCUT2D eigenvalue weighted by Gasteiger charge is -1.98. The SMILES string of the molecule is CC(N)CN[N+](=O)[O-]. The van der Waals surface area contributed by atoms with Crippen LogP contribution in [0.25, 0.3) is 0 Å². The molecule has 0 aromatic carbocycles. The Balaban J connectivity index is 3.05. The van der Waals surface area contributed by atoms with Crippen molar-refractivity contribution in [2.75, 3.05) is 6.54 Å². The largest absolute Gasteiger partial charge is 0.326 e. The Morgan fingerprint density at radius 3 is 2.62 bits per heavy atom. The average molecular weight is 119 g/mol. The summed E-state index contributed by atoms with van der Waals surface area (Å²) in [6.45, 7) is 1.91. The molecule has 0 rings (SSSR count). The smallest absolute Gasteiger partial charge is 0.157 e. The zero-order chi connectivity index (χ0) is 6.57. The second-order valence-corrected chi connectivity index (χ2v) is 1.60. The number of hydrogen-bond acceptors (Lipinski definition) is 3. The number of nitro groups is 1. The number of hydrogen-bond donors (Lipinski definition) is 2. The molecule has 0 heterocycles. The predicted octanol–water partition coefficient (Wildman–Crippen LogP) is -0.885. The van der Waals surface area contributed by atoms with Gasteiger partial charge in [0.25, 0.3) is 0 Å². The molecular weight excluding hydrogens is 110 g/mol. The molecule has 0 aliphatic carbocycles. The first-order valence-electron chi connectivity index (χ1n) is 2.26. The minimum absolute atomic E-state index is 0.166. The van der Waals surface area contributed by atoms with E-state index in [-0.39, 0.29) is 12.6 Å². The van der Waals surface area contributed by atoms with E-state index in [2.05, 4.69) is 0 Å². The number of nitrogens with zero attached hydrogens (tertiary/aromatic N) is 1. The van der Waals surface area contributed by atoms with Gasteiger partial charge < -0.3 is 5.73 Å². The highest BCUT2D eigenvalue weighted by Gasteiger charge is 1.95. The van der Waals surface area contributed by atoms with E-state index in [1.807, 2.05) is 5.43 Å². The van der Waals surface area contributed by atoms with Gasteiger partial charge in [0, 0.05) is 6.04 Å². The highest BCUT2D eigenvalue weighted by atomic mass is 16.7. The molecule has 48 valence electrons. The zero-order valence-corrected chi connectivity index (χ0v) is 4.63.